The van der Waals surface area contributed by atoms with Gasteiger partial charge in [0.15, 0.2) is 5.75 Å². The number of anilines is 1. The number of phenolic OH excluding ortho intramolecular Hbond substituents is 1. The SMILES string of the molecule is CC(C)(C)OC(=O)Nc1nn(-c2cc(Cl)c(O)c(Cl)c2)c(=O)[nH]c1=O. The van der Waals surface area contributed by atoms with Crippen molar-refractivity contribution in [2.45, 2.75) is 26.4 Å². The number of benzene rings is 1. The Hall–Kier alpha value is -2.52. The third-order valence-electron chi connectivity index (χ3n) is 2.69. The third kappa shape index (κ3) is 4.52. The minimum Gasteiger partial charge on any atom is -0.505 e. The lowest BCUT2D eigenvalue weighted by molar-refractivity contribution is 0.0634. The first-order valence-corrected chi connectivity index (χ1v) is 7.65. The van der Waals surface area contributed by atoms with Crippen molar-refractivity contribution in [3.8, 4) is 11.4 Å². The van der Waals surface area contributed by atoms with E-state index >= 15 is 0 Å². The fourth-order valence-electron chi connectivity index (χ4n) is 1.73. The third-order valence-corrected chi connectivity index (χ3v) is 3.27. The van der Waals surface area contributed by atoms with Crippen LogP contribution in [0.2, 0.25) is 10.0 Å². The van der Waals surface area contributed by atoms with Crippen molar-refractivity contribution in [1.29, 1.82) is 0 Å². The number of carbonyl (C=O) groups is 1. The quantitative estimate of drug-likeness (QED) is 0.724. The molecular weight excluding hydrogens is 375 g/mol. The van der Waals surface area contributed by atoms with E-state index in [0.29, 0.717) is 0 Å². The van der Waals surface area contributed by atoms with Gasteiger partial charge in [0.05, 0.1) is 15.7 Å². The number of carbonyl (C=O) groups excluding carboxylic acids is 1. The summed E-state index contributed by atoms with van der Waals surface area (Å²) in [5.41, 5.74) is -2.52. The topological polar surface area (TPSA) is 126 Å². The van der Waals surface area contributed by atoms with E-state index in [0.717, 1.165) is 4.68 Å². The van der Waals surface area contributed by atoms with Crippen molar-refractivity contribution >= 4 is 35.1 Å². The molecule has 0 aliphatic carbocycles. The number of aromatic nitrogens is 3. The van der Waals surface area contributed by atoms with E-state index in [-0.39, 0.29) is 21.5 Å². The lowest BCUT2D eigenvalue weighted by Crippen LogP contribution is -2.36. The van der Waals surface area contributed by atoms with Crippen molar-refractivity contribution in [3.05, 3.63) is 43.0 Å². The zero-order valence-corrected chi connectivity index (χ0v) is 14.9. The van der Waals surface area contributed by atoms with Gasteiger partial charge in [-0.1, -0.05) is 23.2 Å². The first kappa shape index (κ1) is 18.8. The van der Waals surface area contributed by atoms with Crippen LogP contribution >= 0.6 is 23.2 Å². The first-order chi connectivity index (χ1) is 11.5. The highest BCUT2D eigenvalue weighted by atomic mass is 35.5. The van der Waals surface area contributed by atoms with Crippen molar-refractivity contribution < 1.29 is 14.6 Å². The van der Waals surface area contributed by atoms with E-state index < -0.39 is 28.8 Å². The molecule has 1 aromatic carbocycles. The molecular formula is C14H14Cl2N4O5. The molecule has 9 nitrogen and oxygen atoms in total. The molecule has 2 aromatic rings. The van der Waals surface area contributed by atoms with Gasteiger partial charge < -0.3 is 9.84 Å². The molecule has 0 spiro atoms. The van der Waals surface area contributed by atoms with Gasteiger partial charge in [0.2, 0.25) is 5.82 Å². The molecule has 0 aliphatic heterocycles. The summed E-state index contributed by atoms with van der Waals surface area (Å²) < 4.78 is 5.78. The van der Waals surface area contributed by atoms with Gasteiger partial charge in [-0.25, -0.2) is 9.59 Å². The number of H-pyrrole nitrogens is 1. The number of halogens is 2. The Labute approximate surface area is 151 Å². The maximum absolute atomic E-state index is 12.0. The summed E-state index contributed by atoms with van der Waals surface area (Å²) in [5.74, 6) is -0.828. The Morgan fingerprint density at radius 2 is 1.84 bits per heavy atom. The molecule has 0 fully saturated rings. The molecule has 0 radical (unpaired) electrons. The average Bonchev–Trinajstić information content (AvgIpc) is 2.45. The zero-order chi connectivity index (χ0) is 18.9. The molecule has 1 heterocycles. The van der Waals surface area contributed by atoms with Gasteiger partial charge >= 0.3 is 11.8 Å². The fraction of sp³-hybridized carbons (Fsp3) is 0.286. The van der Waals surface area contributed by atoms with E-state index in [1.165, 1.54) is 12.1 Å². The Morgan fingerprint density at radius 1 is 1.28 bits per heavy atom. The highest BCUT2D eigenvalue weighted by Crippen LogP contribution is 2.33. The predicted molar refractivity (Wildman–Crippen MR) is 92.0 cm³/mol. The molecule has 2 rings (SSSR count). The summed E-state index contributed by atoms with van der Waals surface area (Å²) in [6.07, 6.45) is -0.919. The predicted octanol–water partition coefficient (Wildman–Crippen LogP) is 2.28. The number of ether oxygens (including phenoxy) is 1. The summed E-state index contributed by atoms with van der Waals surface area (Å²) >= 11 is 11.6. The molecule has 0 saturated heterocycles. The number of hydrogen-bond donors (Lipinski definition) is 3. The van der Waals surface area contributed by atoms with Crippen LogP contribution in [-0.4, -0.2) is 31.6 Å². The monoisotopic (exact) mass is 388 g/mol. The molecule has 0 bridgehead atoms. The summed E-state index contributed by atoms with van der Waals surface area (Å²) in [7, 11) is 0. The van der Waals surface area contributed by atoms with E-state index in [9.17, 15) is 19.5 Å². The van der Waals surface area contributed by atoms with Crippen LogP contribution in [0.4, 0.5) is 10.6 Å². The lowest BCUT2D eigenvalue weighted by atomic mass is 10.2. The van der Waals surface area contributed by atoms with E-state index in [2.05, 4.69) is 10.4 Å². The van der Waals surface area contributed by atoms with Crippen molar-refractivity contribution in [3.63, 3.8) is 0 Å². The molecule has 134 valence electrons. The molecule has 1 aromatic heterocycles. The molecule has 25 heavy (non-hydrogen) atoms. The molecule has 3 N–H and O–H groups in total. The normalized spacial score (nSPS) is 11.2. The number of nitrogens with zero attached hydrogens (tertiary/aromatic N) is 2. The van der Waals surface area contributed by atoms with Gasteiger partial charge in [0.1, 0.15) is 5.60 Å². The number of aromatic amines is 1. The van der Waals surface area contributed by atoms with Gasteiger partial charge in [-0.15, -0.1) is 5.10 Å². The smallest absolute Gasteiger partial charge is 0.413 e. The fourth-order valence-corrected chi connectivity index (χ4v) is 2.21. The van der Waals surface area contributed by atoms with Crippen LogP contribution in [0.1, 0.15) is 20.8 Å². The molecule has 11 heteroatoms. The second-order valence-electron chi connectivity index (χ2n) is 5.90. The average molecular weight is 389 g/mol. The molecule has 0 unspecified atom stereocenters. The number of phenols is 1. The first-order valence-electron chi connectivity index (χ1n) is 6.90. The van der Waals surface area contributed by atoms with Gasteiger partial charge in [0, 0.05) is 0 Å². The zero-order valence-electron chi connectivity index (χ0n) is 13.4. The number of hydrogen-bond acceptors (Lipinski definition) is 6. The summed E-state index contributed by atoms with van der Waals surface area (Å²) in [4.78, 5) is 37.6. The summed E-state index contributed by atoms with van der Waals surface area (Å²) in [5, 5.41) is 15.3. The number of rotatable bonds is 2. The summed E-state index contributed by atoms with van der Waals surface area (Å²) in [6, 6.07) is 2.43. The number of nitrogens with one attached hydrogen (secondary N) is 2. The van der Waals surface area contributed by atoms with Crippen LogP contribution < -0.4 is 16.6 Å². The van der Waals surface area contributed by atoms with Crippen LogP contribution in [0.15, 0.2) is 21.7 Å². The largest absolute Gasteiger partial charge is 0.505 e. The summed E-state index contributed by atoms with van der Waals surface area (Å²) in [6.45, 7) is 4.93. The van der Waals surface area contributed by atoms with Gasteiger partial charge in [-0.05, 0) is 32.9 Å². The molecule has 0 atom stereocenters. The Kier molecular flexibility index (Phi) is 5.09. The Morgan fingerprint density at radius 3 is 2.36 bits per heavy atom. The van der Waals surface area contributed by atoms with Crippen LogP contribution in [0, 0.1) is 0 Å². The van der Waals surface area contributed by atoms with E-state index in [1.807, 2.05) is 4.98 Å². The van der Waals surface area contributed by atoms with Crippen LogP contribution in [-0.2, 0) is 4.74 Å². The van der Waals surface area contributed by atoms with Crippen molar-refractivity contribution in [2.24, 2.45) is 0 Å². The van der Waals surface area contributed by atoms with Crippen LogP contribution in [0.3, 0.4) is 0 Å². The maximum Gasteiger partial charge on any atom is 0.413 e. The Bertz CT molecular complexity index is 922. The molecule has 0 saturated carbocycles. The van der Waals surface area contributed by atoms with Crippen molar-refractivity contribution in [1.82, 2.24) is 14.8 Å². The van der Waals surface area contributed by atoms with E-state index in [1.54, 1.807) is 20.8 Å². The number of aromatic hydroxyl groups is 1. The minimum absolute atomic E-state index is 0.0706. The number of amides is 1. The van der Waals surface area contributed by atoms with Crippen LogP contribution in [0.25, 0.3) is 5.69 Å². The molecule has 0 aliphatic rings. The highest BCUT2D eigenvalue weighted by Gasteiger charge is 2.19. The standard InChI is InChI=1S/C14H14Cl2N4O5/c1-14(2,3)25-13(24)17-10-11(22)18-12(23)20(19-10)6-4-7(15)9(21)8(16)5-6/h4-5,21H,1-3H3,(H,17,19,24)(H,18,22,23). The van der Waals surface area contributed by atoms with Crippen LogP contribution in [0.5, 0.6) is 5.75 Å². The second-order valence-corrected chi connectivity index (χ2v) is 6.72. The lowest BCUT2D eigenvalue weighted by Gasteiger charge is -2.19. The maximum atomic E-state index is 12.0. The van der Waals surface area contributed by atoms with Gasteiger partial charge in [0.25, 0.3) is 5.56 Å². The highest BCUT2D eigenvalue weighted by molar-refractivity contribution is 6.37. The van der Waals surface area contributed by atoms with Crippen molar-refractivity contribution in [2.75, 3.05) is 5.32 Å². The van der Waals surface area contributed by atoms with Gasteiger partial charge in [-0.2, -0.15) is 4.68 Å². The van der Waals surface area contributed by atoms with E-state index in [4.69, 9.17) is 27.9 Å². The second kappa shape index (κ2) is 6.77. The minimum atomic E-state index is -0.919. The Balaban J connectivity index is 2.47. The van der Waals surface area contributed by atoms with Gasteiger partial charge in [-0.3, -0.25) is 15.1 Å². The molecule has 1 amide bonds.